The highest BCUT2D eigenvalue weighted by molar-refractivity contribution is 6.15. The summed E-state index contributed by atoms with van der Waals surface area (Å²) in [6.45, 7) is 4.52. The zero-order valence-electron chi connectivity index (χ0n) is 20.6. The highest BCUT2D eigenvalue weighted by Gasteiger charge is 2.24. The number of carbonyl (C=O) groups excluding carboxylic acids is 1. The van der Waals surface area contributed by atoms with Gasteiger partial charge < -0.3 is 10.1 Å². The number of amides is 1. The van der Waals surface area contributed by atoms with Gasteiger partial charge in [0.2, 0.25) is 5.91 Å². The normalized spacial score (nSPS) is 17.4. The van der Waals surface area contributed by atoms with E-state index in [0.717, 1.165) is 53.2 Å². The minimum atomic E-state index is -0.269. The van der Waals surface area contributed by atoms with Gasteiger partial charge in [-0.05, 0) is 62.2 Å². The lowest BCUT2D eigenvalue weighted by Crippen LogP contribution is -2.47. The molecule has 2 aromatic heterocycles. The second-order valence-corrected chi connectivity index (χ2v) is 9.42. The maximum Gasteiger partial charge on any atom is 0.226 e. The predicted molar refractivity (Wildman–Crippen MR) is 136 cm³/mol. The number of aromatic nitrogens is 2. The van der Waals surface area contributed by atoms with Crippen LogP contribution in [0.1, 0.15) is 46.5 Å². The number of pyridine rings is 2. The van der Waals surface area contributed by atoms with Crippen molar-refractivity contribution >= 4 is 11.6 Å². The topological polar surface area (TPSA) is 79.7 Å². The number of benzene rings is 1. The molecule has 5 rings (SSSR count). The molecule has 0 bridgehead atoms. The van der Waals surface area contributed by atoms with Gasteiger partial charge in [0.15, 0.2) is 0 Å². The van der Waals surface area contributed by atoms with Crippen LogP contribution in [-0.4, -0.2) is 52.7 Å². The number of carbonyl (C=O) groups is 1. The van der Waals surface area contributed by atoms with Gasteiger partial charge in [-0.1, -0.05) is 6.07 Å². The molecule has 1 fully saturated rings. The number of ether oxygens (including phenoxy) is 1. The van der Waals surface area contributed by atoms with Gasteiger partial charge in [-0.2, -0.15) is 0 Å². The Morgan fingerprint density at radius 3 is 2.97 bits per heavy atom. The zero-order valence-corrected chi connectivity index (χ0v) is 20.6. The Balaban J connectivity index is 1.19. The zero-order chi connectivity index (χ0) is 25.1. The molecule has 0 unspecified atom stereocenters. The molecular weight excluding hydrogens is 457 g/mol. The summed E-state index contributed by atoms with van der Waals surface area (Å²) >= 11 is 0. The van der Waals surface area contributed by atoms with Crippen molar-refractivity contribution in [3.05, 3.63) is 88.3 Å². The number of hydrogen-bond donors (Lipinski definition) is 1. The first-order valence-corrected chi connectivity index (χ1v) is 12.3. The molecule has 0 radical (unpaired) electrons. The molecule has 3 aromatic rings. The number of piperidine rings is 1. The van der Waals surface area contributed by atoms with Gasteiger partial charge >= 0.3 is 0 Å². The van der Waals surface area contributed by atoms with Crippen molar-refractivity contribution in [2.45, 2.75) is 45.3 Å². The molecule has 1 saturated heterocycles. The molecule has 1 aromatic carbocycles. The third kappa shape index (κ3) is 5.28. The minimum Gasteiger partial charge on any atom is -0.496 e. The van der Waals surface area contributed by atoms with Gasteiger partial charge in [0, 0.05) is 53.9 Å². The number of fused-ring (bicyclic) bond motifs is 1. The largest absolute Gasteiger partial charge is 0.496 e. The van der Waals surface area contributed by atoms with Gasteiger partial charge in [-0.3, -0.25) is 24.7 Å². The smallest absolute Gasteiger partial charge is 0.226 e. The summed E-state index contributed by atoms with van der Waals surface area (Å²) in [6, 6.07) is 10.9. The molecule has 1 amide bonds. The molecule has 4 heterocycles. The van der Waals surface area contributed by atoms with E-state index in [0.29, 0.717) is 30.9 Å². The molecule has 2 aliphatic heterocycles. The van der Waals surface area contributed by atoms with Crippen molar-refractivity contribution in [2.24, 2.45) is 4.99 Å². The van der Waals surface area contributed by atoms with E-state index in [4.69, 9.17) is 9.73 Å². The molecule has 0 saturated carbocycles. The number of aryl methyl sites for hydroxylation is 1. The Bertz CT molecular complexity index is 1310. The van der Waals surface area contributed by atoms with Crippen LogP contribution >= 0.6 is 0 Å². The van der Waals surface area contributed by atoms with E-state index in [1.54, 1.807) is 25.4 Å². The number of aliphatic imine (C=N–C) groups is 1. The maximum atomic E-state index is 14.4. The summed E-state index contributed by atoms with van der Waals surface area (Å²) in [4.78, 5) is 28.5. The fourth-order valence-corrected chi connectivity index (χ4v) is 5.04. The van der Waals surface area contributed by atoms with E-state index in [9.17, 15) is 9.18 Å². The first-order valence-electron chi connectivity index (χ1n) is 12.3. The number of halogens is 1. The minimum absolute atomic E-state index is 0.0170. The molecular formula is C28H30FN5O2. The second kappa shape index (κ2) is 10.5. The maximum absolute atomic E-state index is 14.4. The van der Waals surface area contributed by atoms with Crippen LogP contribution in [0, 0.1) is 12.7 Å². The lowest BCUT2D eigenvalue weighted by atomic mass is 10.0. The Morgan fingerprint density at radius 2 is 2.14 bits per heavy atom. The van der Waals surface area contributed by atoms with Gasteiger partial charge in [0.25, 0.3) is 0 Å². The van der Waals surface area contributed by atoms with Crippen molar-refractivity contribution in [3.8, 4) is 5.75 Å². The van der Waals surface area contributed by atoms with Crippen LogP contribution in [0.5, 0.6) is 5.75 Å². The summed E-state index contributed by atoms with van der Waals surface area (Å²) in [5.41, 5.74) is 6.28. The predicted octanol–water partition coefficient (Wildman–Crippen LogP) is 3.61. The van der Waals surface area contributed by atoms with Crippen LogP contribution in [0.25, 0.3) is 0 Å². The highest BCUT2D eigenvalue weighted by Crippen LogP contribution is 2.25. The Morgan fingerprint density at radius 1 is 1.25 bits per heavy atom. The summed E-state index contributed by atoms with van der Waals surface area (Å²) in [6.07, 6.45) is 5.67. The molecule has 186 valence electrons. The molecule has 8 heteroatoms. The molecule has 1 atom stereocenters. The van der Waals surface area contributed by atoms with E-state index < -0.39 is 0 Å². The van der Waals surface area contributed by atoms with Crippen LogP contribution in [0.15, 0.2) is 53.8 Å². The lowest BCUT2D eigenvalue weighted by Gasteiger charge is -2.33. The quantitative estimate of drug-likeness (QED) is 0.551. The lowest BCUT2D eigenvalue weighted by molar-refractivity contribution is -0.121. The summed E-state index contributed by atoms with van der Waals surface area (Å²) in [5, 5.41) is 3.15. The van der Waals surface area contributed by atoms with Crippen molar-refractivity contribution in [3.63, 3.8) is 0 Å². The van der Waals surface area contributed by atoms with E-state index >= 15 is 0 Å². The first kappa shape index (κ1) is 24.1. The van der Waals surface area contributed by atoms with Gasteiger partial charge in [-0.15, -0.1) is 0 Å². The van der Waals surface area contributed by atoms with Crippen molar-refractivity contribution in [1.82, 2.24) is 20.2 Å². The Hall–Kier alpha value is -3.65. The van der Waals surface area contributed by atoms with Crippen LogP contribution < -0.4 is 10.1 Å². The monoisotopic (exact) mass is 487 g/mol. The Kier molecular flexibility index (Phi) is 7.04. The van der Waals surface area contributed by atoms with Crippen LogP contribution in [0.3, 0.4) is 0 Å². The van der Waals surface area contributed by atoms with E-state index in [1.807, 2.05) is 31.3 Å². The third-order valence-corrected chi connectivity index (χ3v) is 6.77. The second-order valence-electron chi connectivity index (χ2n) is 9.42. The SMILES string of the molecule is COc1cccc(F)c1CN1CCC[C@H](NC(=O)Cc2cc3c(cn2)C(c2ccnc(C)c2)=NC3)C1. The van der Waals surface area contributed by atoms with Crippen molar-refractivity contribution in [1.29, 1.82) is 0 Å². The van der Waals surface area contributed by atoms with Gasteiger partial charge in [0.1, 0.15) is 11.6 Å². The Labute approximate surface area is 210 Å². The van der Waals surface area contributed by atoms with E-state index in [1.165, 1.54) is 6.07 Å². The average Bonchev–Trinajstić information content (AvgIpc) is 3.29. The number of likely N-dealkylation sites (tertiary alicyclic amines) is 1. The summed E-state index contributed by atoms with van der Waals surface area (Å²) < 4.78 is 19.7. The van der Waals surface area contributed by atoms with E-state index in [-0.39, 0.29) is 24.2 Å². The summed E-state index contributed by atoms with van der Waals surface area (Å²) in [7, 11) is 1.55. The molecule has 7 nitrogen and oxygen atoms in total. The first-order chi connectivity index (χ1) is 17.5. The number of nitrogens with one attached hydrogen (secondary N) is 1. The number of methoxy groups -OCH3 is 1. The van der Waals surface area contributed by atoms with Gasteiger partial charge in [0.05, 0.1) is 31.5 Å². The fourth-order valence-electron chi connectivity index (χ4n) is 5.04. The third-order valence-electron chi connectivity index (χ3n) is 6.77. The standard InChI is InChI=1S/C28H30FN5O2/c1-18-11-19(8-9-30-18)28-23-15-31-22(12-20(23)14-32-28)13-27(35)33-21-5-4-10-34(16-21)17-24-25(29)6-3-7-26(24)36-2/h3,6-9,11-12,15,21H,4-5,10,13-14,16-17H2,1-2H3,(H,33,35)/t21-/m0/s1. The molecule has 0 spiro atoms. The average molecular weight is 488 g/mol. The van der Waals surface area contributed by atoms with E-state index in [2.05, 4.69) is 20.2 Å². The van der Waals surface area contributed by atoms with Crippen molar-refractivity contribution in [2.75, 3.05) is 20.2 Å². The number of rotatable bonds is 7. The highest BCUT2D eigenvalue weighted by atomic mass is 19.1. The van der Waals surface area contributed by atoms with Crippen LogP contribution in [0.2, 0.25) is 0 Å². The molecule has 0 aliphatic carbocycles. The summed E-state index contributed by atoms with van der Waals surface area (Å²) in [5.74, 6) is 0.228. The van der Waals surface area contributed by atoms with Crippen LogP contribution in [-0.2, 0) is 24.3 Å². The molecule has 2 aliphatic rings. The van der Waals surface area contributed by atoms with Gasteiger partial charge in [-0.25, -0.2) is 4.39 Å². The number of nitrogens with zero attached hydrogens (tertiary/aromatic N) is 4. The van der Waals surface area contributed by atoms with Crippen molar-refractivity contribution < 1.29 is 13.9 Å². The molecule has 1 N–H and O–H groups in total. The fraction of sp³-hybridized carbons (Fsp3) is 0.357. The number of hydrogen-bond acceptors (Lipinski definition) is 6. The molecule has 36 heavy (non-hydrogen) atoms. The van der Waals surface area contributed by atoms with Crippen LogP contribution in [0.4, 0.5) is 4.39 Å².